The monoisotopic (exact) mass is 452 g/mol. The van der Waals surface area contributed by atoms with Crippen molar-refractivity contribution in [1.29, 1.82) is 0 Å². The minimum atomic E-state index is -0.178. The Morgan fingerprint density at radius 3 is 1.76 bits per heavy atom. The Kier molecular flexibility index (Phi) is 7.36. The zero-order chi connectivity index (χ0) is 24.3. The smallest absolute Gasteiger partial charge is 0.204 e. The Labute approximate surface area is 194 Å². The normalized spacial score (nSPS) is 10.8. The summed E-state index contributed by atoms with van der Waals surface area (Å²) in [6.07, 6.45) is 5.19. The lowest BCUT2D eigenvalue weighted by Crippen LogP contribution is -2.10. The molecule has 0 unspecified atom stereocenters. The number of ether oxygens (including phenoxy) is 4. The second-order valence-electron chi connectivity index (χ2n) is 8.33. The molecule has 0 radical (unpaired) electrons. The molecule has 6 nitrogen and oxygen atoms in total. The van der Waals surface area contributed by atoms with Crippen molar-refractivity contribution in [2.45, 2.75) is 40.5 Å². The van der Waals surface area contributed by atoms with E-state index in [2.05, 4.69) is 6.08 Å². The molecule has 0 saturated heterocycles. The lowest BCUT2D eigenvalue weighted by molar-refractivity contribution is 0.352. The predicted molar refractivity (Wildman–Crippen MR) is 132 cm³/mol. The van der Waals surface area contributed by atoms with Gasteiger partial charge in [-0.3, -0.25) is 4.79 Å². The molecule has 6 heteroatoms. The maximum atomic E-state index is 14.0. The topological polar surface area (TPSA) is 67.1 Å². The van der Waals surface area contributed by atoms with Crippen LogP contribution in [0.5, 0.6) is 23.0 Å². The zero-order valence-corrected chi connectivity index (χ0v) is 20.7. The van der Waals surface area contributed by atoms with Gasteiger partial charge >= 0.3 is 0 Å². The Bertz CT molecular complexity index is 1300. The summed E-state index contributed by atoms with van der Waals surface area (Å²) in [5.41, 5.74) is 4.43. The molecule has 0 aliphatic heterocycles. The zero-order valence-electron chi connectivity index (χ0n) is 20.7. The summed E-state index contributed by atoms with van der Waals surface area (Å²) >= 11 is 0. The molecule has 0 bridgehead atoms. The number of fused-ring (bicyclic) bond motifs is 2. The molecule has 1 heterocycles. The average Bonchev–Trinajstić information content (AvgIpc) is 2.79. The average molecular weight is 453 g/mol. The standard InChI is InChI=1S/C27H32O6/c1-15(2)9-11-17-19(29-5)13-21-24(27(17)32-8)25(28)23-18(12-10-16(3)4)26(31-7)22(30-6)14-20(23)33-21/h9-10,13-14H,11-12H2,1-8H3. The SMILES string of the molecule is COc1cc2oc3cc(OC)c(OC)c(CC=C(C)C)c3c(=O)c2c(OC)c1CC=C(C)C. The van der Waals surface area contributed by atoms with Crippen LogP contribution in [0.25, 0.3) is 21.9 Å². The third-order valence-electron chi connectivity index (χ3n) is 5.57. The maximum absolute atomic E-state index is 14.0. The first-order valence-corrected chi connectivity index (χ1v) is 10.8. The van der Waals surface area contributed by atoms with Crippen LogP contribution in [-0.4, -0.2) is 28.4 Å². The third kappa shape index (κ3) is 4.56. The van der Waals surface area contributed by atoms with Crippen LogP contribution in [0.15, 0.2) is 44.6 Å². The second kappa shape index (κ2) is 10.0. The molecule has 0 N–H and O–H groups in total. The summed E-state index contributed by atoms with van der Waals surface area (Å²) in [5.74, 6) is 2.08. The van der Waals surface area contributed by atoms with E-state index >= 15 is 0 Å². The largest absolute Gasteiger partial charge is 0.496 e. The van der Waals surface area contributed by atoms with Crippen LogP contribution in [0.1, 0.15) is 38.8 Å². The number of methoxy groups -OCH3 is 4. The van der Waals surface area contributed by atoms with Crippen LogP contribution >= 0.6 is 0 Å². The van der Waals surface area contributed by atoms with Crippen molar-refractivity contribution < 1.29 is 23.4 Å². The van der Waals surface area contributed by atoms with Gasteiger partial charge in [0.25, 0.3) is 0 Å². The molecule has 3 rings (SSSR count). The van der Waals surface area contributed by atoms with Crippen molar-refractivity contribution in [2.24, 2.45) is 0 Å². The summed E-state index contributed by atoms with van der Waals surface area (Å²) in [6, 6.07) is 3.44. The fraction of sp³-hybridized carbons (Fsp3) is 0.370. The van der Waals surface area contributed by atoms with Gasteiger partial charge in [0.1, 0.15) is 28.1 Å². The number of allylic oxidation sites excluding steroid dienone is 4. The van der Waals surface area contributed by atoms with Crippen LogP contribution in [0.2, 0.25) is 0 Å². The second-order valence-corrected chi connectivity index (χ2v) is 8.33. The number of hydrogen-bond acceptors (Lipinski definition) is 6. The van der Waals surface area contributed by atoms with E-state index in [9.17, 15) is 4.79 Å². The van der Waals surface area contributed by atoms with Crippen molar-refractivity contribution in [3.05, 3.63) is 56.8 Å². The van der Waals surface area contributed by atoms with Gasteiger partial charge in [-0.1, -0.05) is 23.3 Å². The van der Waals surface area contributed by atoms with Crippen LogP contribution in [-0.2, 0) is 12.8 Å². The minimum absolute atomic E-state index is 0.178. The molecule has 0 spiro atoms. The first-order valence-electron chi connectivity index (χ1n) is 10.8. The molecule has 33 heavy (non-hydrogen) atoms. The van der Waals surface area contributed by atoms with Crippen LogP contribution in [0.4, 0.5) is 0 Å². The summed E-state index contributed by atoms with van der Waals surface area (Å²) in [5, 5.41) is 0.836. The fourth-order valence-electron chi connectivity index (χ4n) is 3.97. The highest BCUT2D eigenvalue weighted by molar-refractivity contribution is 5.98. The molecule has 0 fully saturated rings. The van der Waals surface area contributed by atoms with E-state index in [1.807, 2.05) is 33.8 Å². The molecule has 2 aromatic carbocycles. The van der Waals surface area contributed by atoms with E-state index in [0.717, 1.165) is 16.7 Å². The van der Waals surface area contributed by atoms with Crippen molar-refractivity contribution in [3.8, 4) is 23.0 Å². The molecule has 0 atom stereocenters. The molecule has 1 aromatic heterocycles. The van der Waals surface area contributed by atoms with E-state index in [0.29, 0.717) is 63.3 Å². The first-order chi connectivity index (χ1) is 15.8. The summed E-state index contributed by atoms with van der Waals surface area (Å²) < 4.78 is 28.8. The lowest BCUT2D eigenvalue weighted by atomic mass is 9.98. The van der Waals surface area contributed by atoms with Crippen LogP contribution in [0, 0.1) is 0 Å². The van der Waals surface area contributed by atoms with Gasteiger partial charge in [0.15, 0.2) is 11.5 Å². The van der Waals surface area contributed by atoms with E-state index in [-0.39, 0.29) is 5.43 Å². The molecule has 176 valence electrons. The van der Waals surface area contributed by atoms with Gasteiger partial charge in [0.2, 0.25) is 5.43 Å². The predicted octanol–water partition coefficient (Wildman–Crippen LogP) is 6.00. The molecule has 0 aliphatic rings. The van der Waals surface area contributed by atoms with E-state index < -0.39 is 0 Å². The summed E-state index contributed by atoms with van der Waals surface area (Å²) in [4.78, 5) is 14.0. The highest BCUT2D eigenvalue weighted by Gasteiger charge is 2.24. The highest BCUT2D eigenvalue weighted by atomic mass is 16.5. The number of rotatable bonds is 8. The maximum Gasteiger partial charge on any atom is 0.204 e. The molecular weight excluding hydrogens is 420 g/mol. The first kappa shape index (κ1) is 24.2. The van der Waals surface area contributed by atoms with Crippen molar-refractivity contribution in [3.63, 3.8) is 0 Å². The van der Waals surface area contributed by atoms with Gasteiger partial charge in [-0.05, 0) is 40.5 Å². The molecular formula is C27H32O6. The molecule has 3 aromatic rings. The van der Waals surface area contributed by atoms with E-state index in [1.54, 1.807) is 40.6 Å². The summed E-state index contributed by atoms with van der Waals surface area (Å²) in [6.45, 7) is 8.07. The van der Waals surface area contributed by atoms with Crippen molar-refractivity contribution >= 4 is 21.9 Å². The Morgan fingerprint density at radius 2 is 1.24 bits per heavy atom. The van der Waals surface area contributed by atoms with Crippen molar-refractivity contribution in [1.82, 2.24) is 0 Å². The van der Waals surface area contributed by atoms with Gasteiger partial charge in [-0.15, -0.1) is 0 Å². The molecule has 0 amide bonds. The number of hydrogen-bond donors (Lipinski definition) is 0. The number of benzene rings is 2. The van der Waals surface area contributed by atoms with Crippen LogP contribution in [0.3, 0.4) is 0 Å². The van der Waals surface area contributed by atoms with Gasteiger partial charge in [-0.2, -0.15) is 0 Å². The Hall–Kier alpha value is -3.41. The van der Waals surface area contributed by atoms with Gasteiger partial charge in [0.05, 0.1) is 33.8 Å². The highest BCUT2D eigenvalue weighted by Crippen LogP contribution is 2.41. The van der Waals surface area contributed by atoms with Gasteiger partial charge in [-0.25, -0.2) is 0 Å². The third-order valence-corrected chi connectivity index (χ3v) is 5.57. The molecule has 0 saturated carbocycles. The van der Waals surface area contributed by atoms with Crippen LogP contribution < -0.4 is 24.4 Å². The summed E-state index contributed by atoms with van der Waals surface area (Å²) in [7, 11) is 6.29. The lowest BCUT2D eigenvalue weighted by Gasteiger charge is -2.17. The molecule has 0 aliphatic carbocycles. The van der Waals surface area contributed by atoms with E-state index in [1.165, 1.54) is 0 Å². The quantitative estimate of drug-likeness (QED) is 0.309. The fourth-order valence-corrected chi connectivity index (χ4v) is 3.97. The Balaban J connectivity index is 2.52. The van der Waals surface area contributed by atoms with Gasteiger partial charge < -0.3 is 23.4 Å². The Morgan fingerprint density at radius 1 is 0.727 bits per heavy atom. The minimum Gasteiger partial charge on any atom is -0.496 e. The van der Waals surface area contributed by atoms with Crippen molar-refractivity contribution in [2.75, 3.05) is 28.4 Å². The van der Waals surface area contributed by atoms with Gasteiger partial charge in [0, 0.05) is 23.3 Å². The van der Waals surface area contributed by atoms with E-state index in [4.69, 9.17) is 23.4 Å².